The zero-order chi connectivity index (χ0) is 19.2. The molecule has 1 amide bonds. The first-order valence-corrected chi connectivity index (χ1v) is 9.18. The third-order valence-corrected chi connectivity index (χ3v) is 4.56. The summed E-state index contributed by atoms with van der Waals surface area (Å²) in [5.74, 6) is 1.03. The average molecular weight is 364 g/mol. The largest absolute Gasteiger partial charge is 0.489 e. The van der Waals surface area contributed by atoms with E-state index in [4.69, 9.17) is 9.26 Å². The second kappa shape index (κ2) is 8.54. The number of ether oxygens (including phenoxy) is 1. The van der Waals surface area contributed by atoms with Gasteiger partial charge in [0.2, 0.25) is 0 Å². The van der Waals surface area contributed by atoms with Crippen molar-refractivity contribution in [1.29, 1.82) is 0 Å². The monoisotopic (exact) mass is 364 g/mol. The van der Waals surface area contributed by atoms with Crippen molar-refractivity contribution in [3.05, 3.63) is 76.7 Å². The Kier molecular flexibility index (Phi) is 5.91. The van der Waals surface area contributed by atoms with Gasteiger partial charge in [-0.3, -0.25) is 4.79 Å². The lowest BCUT2D eigenvalue weighted by Gasteiger charge is -2.10. The van der Waals surface area contributed by atoms with Crippen LogP contribution < -0.4 is 10.1 Å². The van der Waals surface area contributed by atoms with Gasteiger partial charge in [0, 0.05) is 5.69 Å². The van der Waals surface area contributed by atoms with Gasteiger partial charge in [0.05, 0.1) is 5.56 Å². The van der Waals surface area contributed by atoms with Crippen molar-refractivity contribution in [2.24, 2.45) is 0 Å². The maximum Gasteiger partial charge on any atom is 0.278 e. The minimum absolute atomic E-state index is 0.221. The molecule has 0 unspecified atom stereocenters. The minimum atomic E-state index is -0.298. The quantitative estimate of drug-likeness (QED) is 0.645. The second-order valence-corrected chi connectivity index (χ2v) is 6.32. The Hall–Kier alpha value is -3.08. The van der Waals surface area contributed by atoms with Crippen LogP contribution in [-0.2, 0) is 19.4 Å². The van der Waals surface area contributed by atoms with Crippen LogP contribution >= 0.6 is 0 Å². The van der Waals surface area contributed by atoms with Gasteiger partial charge in [-0.2, -0.15) is 0 Å². The van der Waals surface area contributed by atoms with Crippen molar-refractivity contribution in [3.8, 4) is 5.75 Å². The number of rotatable bonds is 7. The number of hydrogen-bond acceptors (Lipinski definition) is 4. The highest BCUT2D eigenvalue weighted by Crippen LogP contribution is 2.21. The number of aryl methyl sites for hydroxylation is 3. The molecular weight excluding hydrogens is 340 g/mol. The van der Waals surface area contributed by atoms with Crippen molar-refractivity contribution < 1.29 is 14.1 Å². The SMILES string of the molecule is CCc1ccc(OCc2c(C(=O)Nc3ccccc3CC)noc2C)cc1. The van der Waals surface area contributed by atoms with Crippen molar-refractivity contribution in [2.75, 3.05) is 5.32 Å². The molecule has 3 rings (SSSR count). The molecule has 5 nitrogen and oxygen atoms in total. The third kappa shape index (κ3) is 4.37. The van der Waals surface area contributed by atoms with Gasteiger partial charge in [-0.1, -0.05) is 49.3 Å². The summed E-state index contributed by atoms with van der Waals surface area (Å²) in [6, 6.07) is 15.7. The van der Waals surface area contributed by atoms with E-state index in [0.717, 1.165) is 29.8 Å². The number of nitrogens with zero attached hydrogens (tertiary/aromatic N) is 1. The molecule has 2 aromatic carbocycles. The number of amides is 1. The van der Waals surface area contributed by atoms with E-state index in [0.29, 0.717) is 11.3 Å². The van der Waals surface area contributed by atoms with Crippen LogP contribution in [0.4, 0.5) is 5.69 Å². The van der Waals surface area contributed by atoms with Gasteiger partial charge >= 0.3 is 0 Å². The zero-order valence-electron chi connectivity index (χ0n) is 15.9. The number of benzene rings is 2. The molecule has 5 heteroatoms. The van der Waals surface area contributed by atoms with E-state index < -0.39 is 0 Å². The first kappa shape index (κ1) is 18.7. The molecule has 140 valence electrons. The van der Waals surface area contributed by atoms with Gasteiger partial charge in [0.1, 0.15) is 18.1 Å². The van der Waals surface area contributed by atoms with Crippen molar-refractivity contribution in [2.45, 2.75) is 40.2 Å². The van der Waals surface area contributed by atoms with E-state index in [1.807, 2.05) is 55.5 Å². The predicted molar refractivity (Wildman–Crippen MR) is 105 cm³/mol. The molecule has 0 bridgehead atoms. The molecule has 0 saturated heterocycles. The molecule has 3 aromatic rings. The van der Waals surface area contributed by atoms with Crippen LogP contribution in [0.25, 0.3) is 0 Å². The van der Waals surface area contributed by atoms with Gasteiger partial charge < -0.3 is 14.6 Å². The van der Waals surface area contributed by atoms with Crippen LogP contribution in [0, 0.1) is 6.92 Å². The number of carbonyl (C=O) groups is 1. The molecular formula is C22H24N2O3. The summed E-state index contributed by atoms with van der Waals surface area (Å²) >= 11 is 0. The molecule has 1 aromatic heterocycles. The molecule has 0 spiro atoms. The zero-order valence-corrected chi connectivity index (χ0v) is 15.9. The van der Waals surface area contributed by atoms with Crippen molar-refractivity contribution in [1.82, 2.24) is 5.16 Å². The second-order valence-electron chi connectivity index (χ2n) is 6.32. The number of para-hydroxylation sites is 1. The minimum Gasteiger partial charge on any atom is -0.489 e. The van der Waals surface area contributed by atoms with E-state index in [-0.39, 0.29) is 18.2 Å². The van der Waals surface area contributed by atoms with Crippen LogP contribution in [0.5, 0.6) is 5.75 Å². The lowest BCUT2D eigenvalue weighted by molar-refractivity contribution is 0.101. The van der Waals surface area contributed by atoms with Crippen LogP contribution in [-0.4, -0.2) is 11.1 Å². The maximum atomic E-state index is 12.7. The lowest BCUT2D eigenvalue weighted by atomic mass is 10.1. The van der Waals surface area contributed by atoms with Crippen LogP contribution in [0.3, 0.4) is 0 Å². The fourth-order valence-electron chi connectivity index (χ4n) is 2.85. The third-order valence-electron chi connectivity index (χ3n) is 4.56. The van der Waals surface area contributed by atoms with Gasteiger partial charge in [0.15, 0.2) is 5.69 Å². The Morgan fingerprint density at radius 2 is 1.81 bits per heavy atom. The summed E-state index contributed by atoms with van der Waals surface area (Å²) in [6.07, 6.45) is 1.81. The summed E-state index contributed by atoms with van der Waals surface area (Å²) in [6.45, 7) is 6.16. The Labute approximate surface area is 159 Å². The Balaban J connectivity index is 1.74. The van der Waals surface area contributed by atoms with Crippen molar-refractivity contribution >= 4 is 11.6 Å². The molecule has 0 atom stereocenters. The number of aromatic nitrogens is 1. The van der Waals surface area contributed by atoms with Gasteiger partial charge in [0.25, 0.3) is 5.91 Å². The summed E-state index contributed by atoms with van der Waals surface area (Å²) < 4.78 is 11.1. The fraction of sp³-hybridized carbons (Fsp3) is 0.273. The van der Waals surface area contributed by atoms with Crippen LogP contribution in [0.2, 0.25) is 0 Å². The molecule has 0 radical (unpaired) electrons. The highest BCUT2D eigenvalue weighted by Gasteiger charge is 2.21. The summed E-state index contributed by atoms with van der Waals surface area (Å²) in [7, 11) is 0. The normalized spacial score (nSPS) is 10.6. The number of carbonyl (C=O) groups excluding carboxylic acids is 1. The van der Waals surface area contributed by atoms with Crippen molar-refractivity contribution in [3.63, 3.8) is 0 Å². The van der Waals surface area contributed by atoms with E-state index in [1.54, 1.807) is 6.92 Å². The Bertz CT molecular complexity index is 914. The first-order valence-electron chi connectivity index (χ1n) is 9.18. The highest BCUT2D eigenvalue weighted by atomic mass is 16.5. The smallest absolute Gasteiger partial charge is 0.278 e. The summed E-state index contributed by atoms with van der Waals surface area (Å²) in [5, 5.41) is 6.87. The van der Waals surface area contributed by atoms with Gasteiger partial charge in [-0.15, -0.1) is 0 Å². The molecule has 27 heavy (non-hydrogen) atoms. The molecule has 0 aliphatic rings. The summed E-state index contributed by atoms with van der Waals surface area (Å²) in [4.78, 5) is 12.7. The van der Waals surface area contributed by atoms with Gasteiger partial charge in [-0.25, -0.2) is 0 Å². The predicted octanol–water partition coefficient (Wildman–Crippen LogP) is 4.94. The molecule has 0 fully saturated rings. The molecule has 0 saturated carbocycles. The van der Waals surface area contributed by atoms with Crippen LogP contribution in [0.15, 0.2) is 53.1 Å². The topological polar surface area (TPSA) is 64.4 Å². The number of hydrogen-bond donors (Lipinski definition) is 1. The Morgan fingerprint density at radius 1 is 1.07 bits per heavy atom. The number of anilines is 1. The van der Waals surface area contributed by atoms with E-state index in [1.165, 1.54) is 5.56 Å². The lowest BCUT2D eigenvalue weighted by Crippen LogP contribution is -2.16. The first-order chi connectivity index (χ1) is 13.1. The molecule has 1 heterocycles. The fourth-order valence-corrected chi connectivity index (χ4v) is 2.85. The highest BCUT2D eigenvalue weighted by molar-refractivity contribution is 6.04. The van der Waals surface area contributed by atoms with E-state index >= 15 is 0 Å². The van der Waals surface area contributed by atoms with Crippen LogP contribution in [0.1, 0.15) is 46.8 Å². The Morgan fingerprint density at radius 3 is 2.52 bits per heavy atom. The molecule has 1 N–H and O–H groups in total. The molecule has 0 aliphatic carbocycles. The van der Waals surface area contributed by atoms with E-state index in [2.05, 4.69) is 17.4 Å². The van der Waals surface area contributed by atoms with Gasteiger partial charge in [-0.05, 0) is 49.1 Å². The summed E-state index contributed by atoms with van der Waals surface area (Å²) in [5.41, 5.74) is 4.01. The average Bonchev–Trinajstić information content (AvgIpc) is 3.07. The molecule has 0 aliphatic heterocycles. The maximum absolute atomic E-state index is 12.7. The van der Waals surface area contributed by atoms with E-state index in [9.17, 15) is 4.79 Å². The number of nitrogens with one attached hydrogen (secondary N) is 1. The standard InChI is InChI=1S/C22H24N2O3/c1-4-16-10-12-18(13-11-16)26-14-19-15(3)27-24-21(19)22(25)23-20-9-7-6-8-17(20)5-2/h6-13H,4-5,14H2,1-3H3,(H,23,25).